The van der Waals surface area contributed by atoms with Crippen molar-refractivity contribution >= 4 is 22.8 Å². The normalized spacial score (nSPS) is 11.1. The molecule has 0 aliphatic heterocycles. The Morgan fingerprint density at radius 2 is 2.00 bits per heavy atom. The highest BCUT2D eigenvalue weighted by Crippen LogP contribution is 2.30. The summed E-state index contributed by atoms with van der Waals surface area (Å²) in [4.78, 5) is 23.4. The number of fused-ring (bicyclic) bond motifs is 1. The SMILES string of the molecule is COC(=O)c1ccc2nc(-c3cnn(C)c3)c(N(C)C(C)C)nc2c1. The van der Waals surface area contributed by atoms with E-state index < -0.39 is 0 Å². The minimum atomic E-state index is -0.390. The number of methoxy groups -OCH3 is 1. The molecule has 2 heterocycles. The van der Waals surface area contributed by atoms with Gasteiger partial charge in [0.15, 0.2) is 5.82 Å². The monoisotopic (exact) mass is 339 g/mol. The molecule has 0 aliphatic carbocycles. The molecule has 0 unspecified atom stereocenters. The van der Waals surface area contributed by atoms with Gasteiger partial charge in [0.2, 0.25) is 0 Å². The van der Waals surface area contributed by atoms with Crippen LogP contribution < -0.4 is 4.90 Å². The quantitative estimate of drug-likeness (QED) is 0.681. The molecule has 7 nitrogen and oxygen atoms in total. The first-order chi connectivity index (χ1) is 11.9. The van der Waals surface area contributed by atoms with E-state index >= 15 is 0 Å². The van der Waals surface area contributed by atoms with Gasteiger partial charge in [0, 0.05) is 31.9 Å². The van der Waals surface area contributed by atoms with Crippen LogP contribution in [0, 0.1) is 0 Å². The third-order valence-electron chi connectivity index (χ3n) is 4.15. The number of rotatable bonds is 4. The van der Waals surface area contributed by atoms with E-state index in [1.165, 1.54) is 7.11 Å². The molecule has 0 radical (unpaired) electrons. The summed E-state index contributed by atoms with van der Waals surface area (Å²) in [5, 5.41) is 4.24. The second-order valence-electron chi connectivity index (χ2n) is 6.20. The summed E-state index contributed by atoms with van der Waals surface area (Å²) in [7, 11) is 5.21. The first kappa shape index (κ1) is 16.9. The number of hydrogen-bond donors (Lipinski definition) is 0. The van der Waals surface area contributed by atoms with Crippen molar-refractivity contribution in [1.29, 1.82) is 0 Å². The third-order valence-corrected chi connectivity index (χ3v) is 4.15. The molecule has 7 heteroatoms. The Morgan fingerprint density at radius 1 is 1.24 bits per heavy atom. The molecule has 1 aromatic carbocycles. The molecule has 0 aliphatic rings. The van der Waals surface area contributed by atoms with Gasteiger partial charge in [0.1, 0.15) is 5.69 Å². The molecular weight excluding hydrogens is 318 g/mol. The minimum Gasteiger partial charge on any atom is -0.465 e. The van der Waals surface area contributed by atoms with E-state index in [2.05, 4.69) is 23.8 Å². The van der Waals surface area contributed by atoms with Crippen LogP contribution in [-0.2, 0) is 11.8 Å². The van der Waals surface area contributed by atoms with Crippen LogP contribution in [0.4, 0.5) is 5.82 Å². The Morgan fingerprint density at radius 3 is 2.60 bits per heavy atom. The lowest BCUT2D eigenvalue weighted by molar-refractivity contribution is 0.0601. The number of aromatic nitrogens is 4. The van der Waals surface area contributed by atoms with Crippen LogP contribution in [0.5, 0.6) is 0 Å². The standard InChI is InChI=1S/C18H21N5O2/c1-11(2)23(4)17-16(13-9-19-22(3)10-13)20-14-7-6-12(18(24)25-5)8-15(14)21-17/h6-11H,1-5H3. The van der Waals surface area contributed by atoms with E-state index in [1.807, 2.05) is 20.3 Å². The largest absolute Gasteiger partial charge is 0.465 e. The Bertz CT molecular complexity index is 932. The average Bonchev–Trinajstić information content (AvgIpc) is 3.04. The highest BCUT2D eigenvalue weighted by atomic mass is 16.5. The second kappa shape index (κ2) is 6.51. The van der Waals surface area contributed by atoms with E-state index in [9.17, 15) is 4.79 Å². The number of ether oxygens (including phenoxy) is 1. The van der Waals surface area contributed by atoms with Crippen molar-refractivity contribution in [3.8, 4) is 11.3 Å². The lowest BCUT2D eigenvalue weighted by Crippen LogP contribution is -2.27. The molecule has 3 aromatic rings. The van der Waals surface area contributed by atoms with Crippen molar-refractivity contribution in [1.82, 2.24) is 19.7 Å². The number of nitrogens with zero attached hydrogens (tertiary/aromatic N) is 5. The molecule has 2 aromatic heterocycles. The zero-order valence-corrected chi connectivity index (χ0v) is 15.0. The van der Waals surface area contributed by atoms with Crippen LogP contribution in [0.1, 0.15) is 24.2 Å². The van der Waals surface area contributed by atoms with Gasteiger partial charge < -0.3 is 9.64 Å². The molecule has 25 heavy (non-hydrogen) atoms. The highest BCUT2D eigenvalue weighted by molar-refractivity contribution is 5.94. The lowest BCUT2D eigenvalue weighted by Gasteiger charge is -2.24. The summed E-state index contributed by atoms with van der Waals surface area (Å²) in [6, 6.07) is 5.43. The van der Waals surface area contributed by atoms with E-state index in [4.69, 9.17) is 14.7 Å². The second-order valence-corrected chi connectivity index (χ2v) is 6.20. The molecule has 3 rings (SSSR count). The Labute approximate surface area is 146 Å². The fourth-order valence-electron chi connectivity index (χ4n) is 2.52. The molecule has 0 saturated heterocycles. The molecule has 0 fully saturated rings. The van der Waals surface area contributed by atoms with Gasteiger partial charge in [-0.15, -0.1) is 0 Å². The predicted octanol–water partition coefficient (Wildman–Crippen LogP) is 2.66. The van der Waals surface area contributed by atoms with Gasteiger partial charge in [-0.2, -0.15) is 5.10 Å². The van der Waals surface area contributed by atoms with Gasteiger partial charge >= 0.3 is 5.97 Å². The van der Waals surface area contributed by atoms with Crippen LogP contribution in [0.2, 0.25) is 0 Å². The number of benzene rings is 1. The maximum atomic E-state index is 11.8. The number of aryl methyl sites for hydroxylation is 1. The van der Waals surface area contributed by atoms with E-state index in [-0.39, 0.29) is 12.0 Å². The van der Waals surface area contributed by atoms with Gasteiger partial charge in [-0.05, 0) is 32.0 Å². The van der Waals surface area contributed by atoms with E-state index in [1.54, 1.807) is 29.1 Å². The zero-order chi connectivity index (χ0) is 18.1. The molecule has 0 saturated carbocycles. The van der Waals surface area contributed by atoms with Gasteiger partial charge in [-0.3, -0.25) is 4.68 Å². The van der Waals surface area contributed by atoms with Gasteiger partial charge in [-0.25, -0.2) is 14.8 Å². The summed E-state index contributed by atoms with van der Waals surface area (Å²) in [5.41, 5.74) is 3.49. The van der Waals surface area contributed by atoms with Crippen LogP contribution in [0.25, 0.3) is 22.3 Å². The first-order valence-corrected chi connectivity index (χ1v) is 8.02. The van der Waals surface area contributed by atoms with Crippen molar-refractivity contribution in [2.75, 3.05) is 19.1 Å². The zero-order valence-electron chi connectivity index (χ0n) is 15.0. The number of hydrogen-bond acceptors (Lipinski definition) is 6. The van der Waals surface area contributed by atoms with Crippen molar-refractivity contribution in [3.05, 3.63) is 36.2 Å². The van der Waals surface area contributed by atoms with Gasteiger partial charge in [0.25, 0.3) is 0 Å². The Balaban J connectivity index is 2.23. The van der Waals surface area contributed by atoms with Crippen molar-refractivity contribution in [3.63, 3.8) is 0 Å². The fraction of sp³-hybridized carbons (Fsp3) is 0.333. The van der Waals surface area contributed by atoms with Crippen LogP contribution in [0.3, 0.4) is 0 Å². The predicted molar refractivity (Wildman–Crippen MR) is 96.6 cm³/mol. The summed E-state index contributed by atoms with van der Waals surface area (Å²) in [6.45, 7) is 4.17. The lowest BCUT2D eigenvalue weighted by atomic mass is 10.1. The average molecular weight is 339 g/mol. The van der Waals surface area contributed by atoms with Gasteiger partial charge in [-0.1, -0.05) is 0 Å². The molecule has 0 atom stereocenters. The number of anilines is 1. The van der Waals surface area contributed by atoms with Crippen LogP contribution >= 0.6 is 0 Å². The third kappa shape index (κ3) is 3.17. The maximum absolute atomic E-state index is 11.8. The molecule has 0 amide bonds. The van der Waals surface area contributed by atoms with Crippen LogP contribution in [0.15, 0.2) is 30.6 Å². The molecule has 0 spiro atoms. The molecular formula is C18H21N5O2. The highest BCUT2D eigenvalue weighted by Gasteiger charge is 2.18. The van der Waals surface area contributed by atoms with Crippen molar-refractivity contribution in [2.45, 2.75) is 19.9 Å². The molecule has 0 N–H and O–H groups in total. The smallest absolute Gasteiger partial charge is 0.337 e. The molecule has 130 valence electrons. The first-order valence-electron chi connectivity index (χ1n) is 8.02. The maximum Gasteiger partial charge on any atom is 0.337 e. The summed E-state index contributed by atoms with van der Waals surface area (Å²) in [5.74, 6) is 0.358. The topological polar surface area (TPSA) is 73.1 Å². The van der Waals surface area contributed by atoms with Gasteiger partial charge in [0.05, 0.1) is 29.9 Å². The Hall–Kier alpha value is -2.96. The number of carbonyl (C=O) groups is 1. The summed E-state index contributed by atoms with van der Waals surface area (Å²) >= 11 is 0. The molecule has 0 bridgehead atoms. The van der Waals surface area contributed by atoms with Crippen LogP contribution in [-0.4, -0.2) is 45.9 Å². The Kier molecular flexibility index (Phi) is 4.39. The number of esters is 1. The number of carbonyl (C=O) groups excluding carboxylic acids is 1. The summed E-state index contributed by atoms with van der Waals surface area (Å²) < 4.78 is 6.53. The van der Waals surface area contributed by atoms with Crippen molar-refractivity contribution in [2.24, 2.45) is 7.05 Å². The minimum absolute atomic E-state index is 0.242. The van der Waals surface area contributed by atoms with E-state index in [0.717, 1.165) is 17.1 Å². The van der Waals surface area contributed by atoms with Crippen molar-refractivity contribution < 1.29 is 9.53 Å². The fourth-order valence-corrected chi connectivity index (χ4v) is 2.52. The van der Waals surface area contributed by atoms with E-state index in [0.29, 0.717) is 16.6 Å². The summed E-state index contributed by atoms with van der Waals surface area (Å²) in [6.07, 6.45) is 3.69.